The van der Waals surface area contributed by atoms with Gasteiger partial charge in [-0.3, -0.25) is 4.79 Å². The molecule has 3 rings (SSSR count). The van der Waals surface area contributed by atoms with Crippen molar-refractivity contribution in [1.82, 2.24) is 9.80 Å². The van der Waals surface area contributed by atoms with Gasteiger partial charge in [-0.25, -0.2) is 0 Å². The number of benzene rings is 1. The summed E-state index contributed by atoms with van der Waals surface area (Å²) in [6, 6.07) is 8.34. The van der Waals surface area contributed by atoms with Crippen molar-refractivity contribution in [3.63, 3.8) is 0 Å². The highest BCUT2D eigenvalue weighted by atomic mass is 32.1. The van der Waals surface area contributed by atoms with E-state index >= 15 is 0 Å². The Bertz CT molecular complexity index is 602. The van der Waals surface area contributed by atoms with Crippen LogP contribution in [0.5, 0.6) is 0 Å². The summed E-state index contributed by atoms with van der Waals surface area (Å²) in [5, 5.41) is 6.55. The Morgan fingerprint density at radius 3 is 2.85 bits per heavy atom. The van der Waals surface area contributed by atoms with Crippen molar-refractivity contribution < 1.29 is 4.79 Å². The van der Waals surface area contributed by atoms with Crippen LogP contribution in [0.15, 0.2) is 29.6 Å². The van der Waals surface area contributed by atoms with E-state index in [2.05, 4.69) is 40.8 Å². The number of piperazine rings is 1. The van der Waals surface area contributed by atoms with Gasteiger partial charge in [-0.2, -0.15) is 0 Å². The van der Waals surface area contributed by atoms with Crippen molar-refractivity contribution in [1.29, 1.82) is 0 Å². The minimum absolute atomic E-state index is 0.184. The number of amides is 1. The van der Waals surface area contributed by atoms with Crippen LogP contribution in [0.3, 0.4) is 0 Å². The van der Waals surface area contributed by atoms with Gasteiger partial charge in [0, 0.05) is 36.6 Å². The molecule has 1 N–H and O–H groups in total. The maximum Gasteiger partial charge on any atom is 0.241 e. The van der Waals surface area contributed by atoms with Crippen molar-refractivity contribution >= 4 is 33.0 Å². The summed E-state index contributed by atoms with van der Waals surface area (Å²) >= 11 is 1.74. The van der Waals surface area contributed by atoms with Crippen LogP contribution in [0.2, 0.25) is 0 Å². The summed E-state index contributed by atoms with van der Waals surface area (Å²) in [5.74, 6) is 0.184. The largest absolute Gasteiger partial charge is 0.376 e. The summed E-state index contributed by atoms with van der Waals surface area (Å²) in [5.41, 5.74) is 1.01. The summed E-state index contributed by atoms with van der Waals surface area (Å²) in [6.07, 6.45) is 0. The lowest BCUT2D eigenvalue weighted by molar-refractivity contribution is -0.130. The number of hydrogen-bond acceptors (Lipinski definition) is 4. The zero-order chi connectivity index (χ0) is 13.9. The second kappa shape index (κ2) is 5.81. The molecule has 5 heteroatoms. The minimum Gasteiger partial charge on any atom is -0.376 e. The number of fused-ring (bicyclic) bond motifs is 1. The molecule has 1 aliphatic rings. The second-order valence-corrected chi connectivity index (χ2v) is 6.16. The van der Waals surface area contributed by atoms with Gasteiger partial charge in [0.25, 0.3) is 0 Å². The van der Waals surface area contributed by atoms with Crippen LogP contribution in [-0.2, 0) is 4.79 Å². The molecule has 0 saturated carbocycles. The lowest BCUT2D eigenvalue weighted by Gasteiger charge is -2.32. The lowest BCUT2D eigenvalue weighted by Crippen LogP contribution is -2.48. The van der Waals surface area contributed by atoms with E-state index in [0.29, 0.717) is 6.54 Å². The van der Waals surface area contributed by atoms with Gasteiger partial charge in [0.05, 0.1) is 6.54 Å². The number of rotatable bonds is 3. The Balaban J connectivity index is 1.57. The van der Waals surface area contributed by atoms with Gasteiger partial charge in [-0.1, -0.05) is 0 Å². The van der Waals surface area contributed by atoms with E-state index in [1.54, 1.807) is 11.3 Å². The predicted octanol–water partition coefficient (Wildman–Crippen LogP) is 2.09. The van der Waals surface area contributed by atoms with Crippen molar-refractivity contribution in [3.05, 3.63) is 29.6 Å². The molecule has 0 bridgehead atoms. The Morgan fingerprint density at radius 1 is 1.25 bits per heavy atom. The second-order valence-electron chi connectivity index (χ2n) is 5.21. The van der Waals surface area contributed by atoms with Crippen molar-refractivity contribution in [3.8, 4) is 0 Å². The Kier molecular flexibility index (Phi) is 3.89. The summed E-state index contributed by atoms with van der Waals surface area (Å²) < 4.78 is 1.28. The molecule has 1 saturated heterocycles. The number of hydrogen-bond donors (Lipinski definition) is 1. The van der Waals surface area contributed by atoms with Crippen LogP contribution in [0.1, 0.15) is 0 Å². The average Bonchev–Trinajstić information content (AvgIpc) is 2.93. The molecule has 0 atom stereocenters. The monoisotopic (exact) mass is 289 g/mol. The van der Waals surface area contributed by atoms with Gasteiger partial charge >= 0.3 is 0 Å². The van der Waals surface area contributed by atoms with E-state index in [9.17, 15) is 4.79 Å². The molecule has 1 fully saturated rings. The fraction of sp³-hybridized carbons (Fsp3) is 0.400. The average molecular weight is 289 g/mol. The molecule has 1 amide bonds. The van der Waals surface area contributed by atoms with Gasteiger partial charge in [-0.15, -0.1) is 11.3 Å². The fourth-order valence-corrected chi connectivity index (χ4v) is 3.19. The van der Waals surface area contributed by atoms with E-state index in [4.69, 9.17) is 0 Å². The molecule has 4 nitrogen and oxygen atoms in total. The van der Waals surface area contributed by atoms with Crippen LogP contribution >= 0.6 is 11.3 Å². The smallest absolute Gasteiger partial charge is 0.241 e. The zero-order valence-corrected chi connectivity index (χ0v) is 12.4. The first kappa shape index (κ1) is 13.4. The highest BCUT2D eigenvalue weighted by molar-refractivity contribution is 7.17. The number of nitrogens with zero attached hydrogens (tertiary/aromatic N) is 2. The van der Waals surface area contributed by atoms with Crippen molar-refractivity contribution in [2.24, 2.45) is 0 Å². The number of carbonyl (C=O) groups excluding carboxylic acids is 1. The van der Waals surface area contributed by atoms with Gasteiger partial charge in [0.2, 0.25) is 5.91 Å². The number of anilines is 1. The third kappa shape index (κ3) is 2.94. The third-order valence-corrected chi connectivity index (χ3v) is 4.65. The molecule has 2 heterocycles. The van der Waals surface area contributed by atoms with Gasteiger partial charge in [0.15, 0.2) is 0 Å². The van der Waals surface area contributed by atoms with Crippen molar-refractivity contribution in [2.75, 3.05) is 45.1 Å². The molecular weight excluding hydrogens is 270 g/mol. The molecule has 0 aliphatic carbocycles. The number of thiophene rings is 1. The molecule has 2 aromatic rings. The topological polar surface area (TPSA) is 35.6 Å². The molecule has 1 aromatic heterocycles. The fourth-order valence-electron chi connectivity index (χ4n) is 2.42. The minimum atomic E-state index is 0.184. The van der Waals surface area contributed by atoms with Gasteiger partial charge in [0.1, 0.15) is 0 Å². The summed E-state index contributed by atoms with van der Waals surface area (Å²) in [7, 11) is 2.09. The number of nitrogens with one attached hydrogen (secondary N) is 1. The molecular formula is C15H19N3OS. The van der Waals surface area contributed by atoms with E-state index < -0.39 is 0 Å². The molecule has 0 radical (unpaired) electrons. The molecule has 106 valence electrons. The first-order valence-corrected chi connectivity index (χ1v) is 7.78. The first-order valence-electron chi connectivity index (χ1n) is 6.90. The van der Waals surface area contributed by atoms with Crippen LogP contribution in [0.25, 0.3) is 10.1 Å². The standard InChI is InChI=1S/C15H19N3OS/c1-17-5-7-18(8-6-17)15(19)11-16-13-2-3-14-12(10-13)4-9-20-14/h2-4,9-10,16H,5-8,11H2,1H3. The third-order valence-electron chi connectivity index (χ3n) is 3.75. The zero-order valence-electron chi connectivity index (χ0n) is 11.6. The maximum atomic E-state index is 12.1. The normalized spacial score (nSPS) is 16.6. The molecule has 0 spiro atoms. The number of likely N-dealkylation sites (N-methyl/N-ethyl adjacent to an activating group) is 1. The summed E-state index contributed by atoms with van der Waals surface area (Å²) in [4.78, 5) is 16.3. The lowest BCUT2D eigenvalue weighted by atomic mass is 10.2. The first-order chi connectivity index (χ1) is 9.72. The maximum absolute atomic E-state index is 12.1. The highest BCUT2D eigenvalue weighted by Crippen LogP contribution is 2.23. The Hall–Kier alpha value is -1.59. The molecule has 1 aliphatic heterocycles. The molecule has 1 aromatic carbocycles. The van der Waals surface area contributed by atoms with E-state index in [1.165, 1.54) is 10.1 Å². The molecule has 20 heavy (non-hydrogen) atoms. The van der Waals surface area contributed by atoms with E-state index in [0.717, 1.165) is 31.9 Å². The van der Waals surface area contributed by atoms with E-state index in [1.807, 2.05) is 11.0 Å². The van der Waals surface area contributed by atoms with Gasteiger partial charge < -0.3 is 15.1 Å². The summed E-state index contributed by atoms with van der Waals surface area (Å²) in [6.45, 7) is 3.97. The van der Waals surface area contributed by atoms with Crippen molar-refractivity contribution in [2.45, 2.75) is 0 Å². The Morgan fingerprint density at radius 2 is 2.05 bits per heavy atom. The van der Waals surface area contributed by atoms with Gasteiger partial charge in [-0.05, 0) is 42.1 Å². The quantitative estimate of drug-likeness (QED) is 0.940. The van der Waals surface area contributed by atoms with Crippen LogP contribution in [0, 0.1) is 0 Å². The van der Waals surface area contributed by atoms with Crippen LogP contribution in [-0.4, -0.2) is 55.5 Å². The number of carbonyl (C=O) groups is 1. The Labute approximate surface area is 123 Å². The van der Waals surface area contributed by atoms with Crippen LogP contribution < -0.4 is 5.32 Å². The molecule has 0 unspecified atom stereocenters. The predicted molar refractivity (Wildman–Crippen MR) is 84.4 cm³/mol. The highest BCUT2D eigenvalue weighted by Gasteiger charge is 2.18. The van der Waals surface area contributed by atoms with Crippen LogP contribution in [0.4, 0.5) is 5.69 Å². The SMILES string of the molecule is CN1CCN(C(=O)CNc2ccc3sccc3c2)CC1. The van der Waals surface area contributed by atoms with E-state index in [-0.39, 0.29) is 5.91 Å².